The normalized spacial score (nSPS) is 15.8. The second-order valence-corrected chi connectivity index (χ2v) is 4.22. The highest BCUT2D eigenvalue weighted by Gasteiger charge is 2.30. The van der Waals surface area contributed by atoms with E-state index in [-0.39, 0.29) is 12.0 Å². The van der Waals surface area contributed by atoms with Crippen LogP contribution in [0.4, 0.5) is 5.69 Å². The molecule has 0 atom stereocenters. The van der Waals surface area contributed by atoms with Crippen LogP contribution in [0.1, 0.15) is 10.4 Å². The molecule has 0 bridgehead atoms. The molecule has 1 fully saturated rings. The number of amides is 1. The lowest BCUT2D eigenvalue weighted by molar-refractivity contribution is 0.00591. The Balaban J connectivity index is 2.17. The summed E-state index contributed by atoms with van der Waals surface area (Å²) in [4.78, 5) is 13.5. The van der Waals surface area contributed by atoms with Gasteiger partial charge in [-0.15, -0.1) is 0 Å². The lowest BCUT2D eigenvalue weighted by atomic mass is 10.1. The largest absolute Gasteiger partial charge is 0.389 e. The third-order valence-corrected chi connectivity index (χ3v) is 2.95. The van der Waals surface area contributed by atoms with Crippen LogP contribution in [-0.4, -0.2) is 42.2 Å². The molecule has 1 aromatic carbocycles. The first-order chi connectivity index (χ1) is 7.61. The zero-order valence-electron chi connectivity index (χ0n) is 8.90. The van der Waals surface area contributed by atoms with E-state index in [9.17, 15) is 4.79 Å². The Morgan fingerprint density at radius 2 is 2.25 bits per heavy atom. The fourth-order valence-electron chi connectivity index (χ4n) is 1.64. The predicted octanol–water partition coefficient (Wildman–Crippen LogP) is 1.20. The molecule has 1 saturated heterocycles. The average Bonchev–Trinajstić information content (AvgIpc) is 2.23. The van der Waals surface area contributed by atoms with Crippen LogP contribution in [0.2, 0.25) is 5.02 Å². The third-order valence-electron chi connectivity index (χ3n) is 2.64. The van der Waals surface area contributed by atoms with Crippen molar-refractivity contribution in [2.75, 3.05) is 25.5 Å². The lowest BCUT2D eigenvalue weighted by Crippen LogP contribution is -2.53. The first-order valence-corrected chi connectivity index (χ1v) is 5.44. The van der Waals surface area contributed by atoms with Crippen LogP contribution in [0.5, 0.6) is 0 Å². The second-order valence-electron chi connectivity index (χ2n) is 3.81. The number of carbonyl (C=O) groups is 1. The van der Waals surface area contributed by atoms with Gasteiger partial charge in [0.1, 0.15) is 0 Å². The molecule has 0 radical (unpaired) electrons. The molecule has 16 heavy (non-hydrogen) atoms. The van der Waals surface area contributed by atoms with Crippen LogP contribution >= 0.6 is 11.6 Å². The van der Waals surface area contributed by atoms with Gasteiger partial charge in [0.15, 0.2) is 0 Å². The van der Waals surface area contributed by atoms with Crippen LogP contribution in [0.15, 0.2) is 18.2 Å². The summed E-state index contributed by atoms with van der Waals surface area (Å²) in [6.07, 6.45) is -0.390. The number of anilines is 1. The van der Waals surface area contributed by atoms with Gasteiger partial charge in [-0.1, -0.05) is 11.6 Å². The summed E-state index contributed by atoms with van der Waals surface area (Å²) in [5, 5.41) is 12.5. The SMILES string of the molecule is CNc1ccc(C(=O)N2CC(O)C2)c(Cl)c1. The number of rotatable bonds is 2. The van der Waals surface area contributed by atoms with Crippen LogP contribution in [0.25, 0.3) is 0 Å². The molecule has 5 heteroatoms. The van der Waals surface area contributed by atoms with E-state index in [2.05, 4.69) is 5.32 Å². The van der Waals surface area contributed by atoms with Gasteiger partial charge in [0.25, 0.3) is 5.91 Å². The first-order valence-electron chi connectivity index (χ1n) is 5.06. The van der Waals surface area contributed by atoms with E-state index in [4.69, 9.17) is 16.7 Å². The van der Waals surface area contributed by atoms with Gasteiger partial charge < -0.3 is 15.3 Å². The molecule has 0 unspecified atom stereocenters. The summed E-state index contributed by atoms with van der Waals surface area (Å²) in [5.74, 6) is -0.127. The Hall–Kier alpha value is -1.26. The van der Waals surface area contributed by atoms with E-state index in [1.54, 1.807) is 30.1 Å². The number of likely N-dealkylation sites (tertiary alicyclic amines) is 1. The maximum Gasteiger partial charge on any atom is 0.255 e. The van der Waals surface area contributed by atoms with Crippen molar-refractivity contribution in [3.05, 3.63) is 28.8 Å². The number of benzene rings is 1. The van der Waals surface area contributed by atoms with Gasteiger partial charge in [0.05, 0.1) is 16.7 Å². The van der Waals surface area contributed by atoms with Crippen molar-refractivity contribution in [2.45, 2.75) is 6.10 Å². The summed E-state index contributed by atoms with van der Waals surface area (Å²) >= 11 is 6.01. The smallest absolute Gasteiger partial charge is 0.255 e. The van der Waals surface area contributed by atoms with Crippen LogP contribution < -0.4 is 5.32 Å². The lowest BCUT2D eigenvalue weighted by Gasteiger charge is -2.36. The molecule has 1 amide bonds. The van der Waals surface area contributed by atoms with Gasteiger partial charge in [-0.05, 0) is 18.2 Å². The Morgan fingerprint density at radius 3 is 2.75 bits per heavy atom. The molecular weight excluding hydrogens is 228 g/mol. The molecule has 0 spiro atoms. The van der Waals surface area contributed by atoms with Gasteiger partial charge in [0, 0.05) is 25.8 Å². The second kappa shape index (κ2) is 4.31. The van der Waals surface area contributed by atoms with E-state index in [1.165, 1.54) is 0 Å². The van der Waals surface area contributed by atoms with Crippen LogP contribution in [0.3, 0.4) is 0 Å². The van der Waals surface area contributed by atoms with Gasteiger partial charge in [-0.3, -0.25) is 4.79 Å². The highest BCUT2D eigenvalue weighted by Crippen LogP contribution is 2.23. The van der Waals surface area contributed by atoms with E-state index in [0.717, 1.165) is 5.69 Å². The summed E-state index contributed by atoms with van der Waals surface area (Å²) < 4.78 is 0. The van der Waals surface area contributed by atoms with Crippen molar-refractivity contribution in [3.8, 4) is 0 Å². The number of hydrogen-bond donors (Lipinski definition) is 2. The van der Waals surface area contributed by atoms with Crippen molar-refractivity contribution in [1.29, 1.82) is 0 Å². The molecule has 2 rings (SSSR count). The molecule has 0 saturated carbocycles. The van der Waals surface area contributed by atoms with E-state index in [0.29, 0.717) is 23.7 Å². The predicted molar refractivity (Wildman–Crippen MR) is 62.9 cm³/mol. The topological polar surface area (TPSA) is 52.6 Å². The molecule has 1 aromatic rings. The van der Waals surface area contributed by atoms with Crippen LogP contribution in [-0.2, 0) is 0 Å². The molecule has 0 aromatic heterocycles. The highest BCUT2D eigenvalue weighted by atomic mass is 35.5. The number of β-amino-alcohol motifs (C(OH)–C–C–N with tert-alkyl or cyclic N) is 1. The standard InChI is InChI=1S/C11H13ClN2O2/c1-13-7-2-3-9(10(12)4-7)11(16)14-5-8(15)6-14/h2-4,8,13,15H,5-6H2,1H3. The molecule has 1 heterocycles. The van der Waals surface area contributed by atoms with Gasteiger partial charge in [-0.25, -0.2) is 0 Å². The van der Waals surface area contributed by atoms with Gasteiger partial charge in [0.2, 0.25) is 0 Å². The molecule has 4 nitrogen and oxygen atoms in total. The molecular formula is C11H13ClN2O2. The zero-order valence-corrected chi connectivity index (χ0v) is 9.66. The van der Waals surface area contributed by atoms with Crippen molar-refractivity contribution in [3.63, 3.8) is 0 Å². The maximum atomic E-state index is 11.9. The number of nitrogens with zero attached hydrogens (tertiary/aromatic N) is 1. The van der Waals surface area contributed by atoms with Crippen LogP contribution in [0, 0.1) is 0 Å². The Kier molecular flexibility index (Phi) is 3.03. The van der Waals surface area contributed by atoms with E-state index < -0.39 is 0 Å². The quantitative estimate of drug-likeness (QED) is 0.817. The number of hydrogen-bond acceptors (Lipinski definition) is 3. The summed E-state index contributed by atoms with van der Waals surface area (Å²) in [6.45, 7) is 0.784. The average molecular weight is 241 g/mol. The Bertz CT molecular complexity index is 416. The molecule has 86 valence electrons. The minimum atomic E-state index is -0.390. The number of halogens is 1. The zero-order chi connectivity index (χ0) is 11.7. The van der Waals surface area contributed by atoms with Crippen molar-refractivity contribution < 1.29 is 9.90 Å². The summed E-state index contributed by atoms with van der Waals surface area (Å²) in [5.41, 5.74) is 1.35. The monoisotopic (exact) mass is 240 g/mol. The minimum Gasteiger partial charge on any atom is -0.389 e. The van der Waals surface area contributed by atoms with Gasteiger partial charge in [-0.2, -0.15) is 0 Å². The van der Waals surface area contributed by atoms with Crippen molar-refractivity contribution in [2.24, 2.45) is 0 Å². The molecule has 1 aliphatic heterocycles. The maximum absolute atomic E-state index is 11.9. The fraction of sp³-hybridized carbons (Fsp3) is 0.364. The summed E-state index contributed by atoms with van der Waals surface area (Å²) in [7, 11) is 1.79. The third kappa shape index (κ3) is 1.99. The van der Waals surface area contributed by atoms with Gasteiger partial charge >= 0.3 is 0 Å². The number of nitrogens with one attached hydrogen (secondary N) is 1. The fourth-order valence-corrected chi connectivity index (χ4v) is 1.90. The number of aliphatic hydroxyl groups excluding tert-OH is 1. The van der Waals surface area contributed by atoms with Crippen molar-refractivity contribution >= 4 is 23.2 Å². The minimum absolute atomic E-state index is 0.127. The molecule has 0 aliphatic carbocycles. The number of carbonyl (C=O) groups excluding carboxylic acids is 1. The first kappa shape index (κ1) is 11.2. The summed E-state index contributed by atoms with van der Waals surface area (Å²) in [6, 6.07) is 5.21. The van der Waals surface area contributed by atoms with E-state index in [1.807, 2.05) is 0 Å². The Morgan fingerprint density at radius 1 is 1.56 bits per heavy atom. The Labute approximate surface area is 98.8 Å². The van der Waals surface area contributed by atoms with Crippen molar-refractivity contribution in [1.82, 2.24) is 4.90 Å². The van der Waals surface area contributed by atoms with E-state index >= 15 is 0 Å². The molecule has 1 aliphatic rings. The molecule has 2 N–H and O–H groups in total. The highest BCUT2D eigenvalue weighted by molar-refractivity contribution is 6.34. The number of aliphatic hydroxyl groups is 1.